The Morgan fingerprint density at radius 1 is 1.29 bits per heavy atom. The van der Waals surface area contributed by atoms with Gasteiger partial charge in [-0.25, -0.2) is 14.2 Å². The second kappa shape index (κ2) is 9.65. The first kappa shape index (κ1) is 23.9. The Balaban J connectivity index is 2.31. The van der Waals surface area contributed by atoms with Gasteiger partial charge in [-0.3, -0.25) is 9.59 Å². The van der Waals surface area contributed by atoms with E-state index in [0.717, 1.165) is 6.07 Å². The van der Waals surface area contributed by atoms with Crippen LogP contribution in [0.15, 0.2) is 46.5 Å². The average Bonchev–Trinajstić information content (AvgIpc) is 2.66. The number of halogens is 4. The molecule has 1 atom stereocenters. The number of benzene rings is 1. The molecule has 0 aliphatic heterocycles. The van der Waals surface area contributed by atoms with Gasteiger partial charge < -0.3 is 14.5 Å². The highest BCUT2D eigenvalue weighted by Gasteiger charge is 2.33. The van der Waals surface area contributed by atoms with E-state index in [-0.39, 0.29) is 35.4 Å². The molecule has 12 heteroatoms. The number of carbonyl (C=O) groups excluding carboxylic acids is 2. The molecule has 1 aromatic heterocycles. The minimum absolute atomic E-state index is 0.0101. The van der Waals surface area contributed by atoms with Crippen LogP contribution < -0.4 is 11.2 Å². The molecule has 0 bridgehead atoms. The van der Waals surface area contributed by atoms with Crippen LogP contribution in [0.3, 0.4) is 0 Å². The Hall–Kier alpha value is -3.34. The van der Waals surface area contributed by atoms with E-state index >= 15 is 0 Å². The van der Waals surface area contributed by atoms with Gasteiger partial charge in [0.2, 0.25) is 0 Å². The van der Waals surface area contributed by atoms with Crippen molar-refractivity contribution in [2.75, 3.05) is 6.61 Å². The fraction of sp³-hybridized carbons (Fsp3) is 0.263. The topological polar surface area (TPSA) is 107 Å². The zero-order valence-electron chi connectivity index (χ0n) is 16.0. The van der Waals surface area contributed by atoms with Crippen LogP contribution in [0.1, 0.15) is 29.4 Å². The van der Waals surface area contributed by atoms with Crippen molar-refractivity contribution in [3.63, 3.8) is 0 Å². The number of alkyl halides is 3. The molecular formula is C19H16ClF3N2O6. The average molecular weight is 461 g/mol. The van der Waals surface area contributed by atoms with Crippen LogP contribution in [0.4, 0.5) is 13.2 Å². The molecule has 0 saturated carbocycles. The summed E-state index contributed by atoms with van der Waals surface area (Å²) < 4.78 is 48.5. The molecule has 0 saturated heterocycles. The summed E-state index contributed by atoms with van der Waals surface area (Å²) in [4.78, 5) is 49.7. The van der Waals surface area contributed by atoms with Crippen LogP contribution in [0.5, 0.6) is 0 Å². The van der Waals surface area contributed by atoms with Crippen molar-refractivity contribution >= 4 is 23.5 Å². The van der Waals surface area contributed by atoms with Gasteiger partial charge in [0, 0.05) is 6.07 Å². The maximum absolute atomic E-state index is 12.8. The lowest BCUT2D eigenvalue weighted by Gasteiger charge is -2.14. The lowest BCUT2D eigenvalue weighted by Crippen LogP contribution is -2.35. The number of esters is 2. The molecule has 1 N–H and O–H groups in total. The van der Waals surface area contributed by atoms with E-state index in [1.165, 1.54) is 25.1 Å². The molecule has 166 valence electrons. The zero-order chi connectivity index (χ0) is 23.3. The maximum Gasteiger partial charge on any atom is 0.431 e. The summed E-state index contributed by atoms with van der Waals surface area (Å²) in [6, 6.07) is 3.56. The van der Waals surface area contributed by atoms with E-state index in [0.29, 0.717) is 4.57 Å². The molecule has 0 aliphatic carbocycles. The molecular weight excluding hydrogens is 445 g/mol. The van der Waals surface area contributed by atoms with Gasteiger partial charge >= 0.3 is 23.8 Å². The molecule has 2 rings (SSSR count). The maximum atomic E-state index is 12.8. The zero-order valence-corrected chi connectivity index (χ0v) is 16.7. The van der Waals surface area contributed by atoms with Crippen molar-refractivity contribution < 1.29 is 32.2 Å². The fourth-order valence-corrected chi connectivity index (χ4v) is 2.63. The summed E-state index contributed by atoms with van der Waals surface area (Å²) in [7, 11) is 0. The Labute approximate surface area is 177 Å². The summed E-state index contributed by atoms with van der Waals surface area (Å²) in [5, 5.41) is -0.105. The molecule has 0 amide bonds. The first-order chi connectivity index (χ1) is 14.4. The van der Waals surface area contributed by atoms with Gasteiger partial charge in [0.25, 0.3) is 5.56 Å². The van der Waals surface area contributed by atoms with Crippen LogP contribution in [0.25, 0.3) is 5.69 Å². The van der Waals surface area contributed by atoms with Crippen molar-refractivity contribution in [2.45, 2.75) is 25.6 Å². The van der Waals surface area contributed by atoms with Crippen molar-refractivity contribution in [1.82, 2.24) is 9.55 Å². The first-order valence-corrected chi connectivity index (χ1v) is 9.02. The Bertz CT molecular complexity index is 1090. The summed E-state index contributed by atoms with van der Waals surface area (Å²) in [6.45, 7) is 4.81. The van der Waals surface area contributed by atoms with Crippen LogP contribution in [0, 0.1) is 0 Å². The van der Waals surface area contributed by atoms with Gasteiger partial charge in [0.1, 0.15) is 18.4 Å². The second-order valence-corrected chi connectivity index (χ2v) is 6.62. The van der Waals surface area contributed by atoms with E-state index in [1.54, 1.807) is 4.98 Å². The minimum atomic E-state index is -4.92. The number of nitrogens with one attached hydrogen (secondary N) is 1. The predicted molar refractivity (Wildman–Crippen MR) is 103 cm³/mol. The largest absolute Gasteiger partial charge is 0.461 e. The molecule has 0 aliphatic rings. The Morgan fingerprint density at radius 2 is 1.97 bits per heavy atom. The second-order valence-electron chi connectivity index (χ2n) is 6.22. The third kappa shape index (κ3) is 6.07. The number of rotatable bonds is 7. The van der Waals surface area contributed by atoms with E-state index in [1.807, 2.05) is 0 Å². The number of nitrogens with zero attached hydrogens (tertiary/aromatic N) is 1. The molecule has 8 nitrogen and oxygen atoms in total. The Morgan fingerprint density at radius 3 is 2.55 bits per heavy atom. The van der Waals surface area contributed by atoms with E-state index in [2.05, 4.69) is 6.58 Å². The minimum Gasteiger partial charge on any atom is -0.461 e. The van der Waals surface area contributed by atoms with Crippen molar-refractivity contribution in [3.8, 4) is 5.69 Å². The van der Waals surface area contributed by atoms with E-state index < -0.39 is 41.2 Å². The number of ether oxygens (including phenoxy) is 2. The molecule has 2 aromatic rings. The molecule has 31 heavy (non-hydrogen) atoms. The third-order valence-corrected chi connectivity index (χ3v) is 4.12. The van der Waals surface area contributed by atoms with Crippen molar-refractivity contribution in [1.29, 1.82) is 0 Å². The summed E-state index contributed by atoms with van der Waals surface area (Å²) >= 11 is 5.98. The highest BCUT2D eigenvalue weighted by molar-refractivity contribution is 6.33. The quantitative estimate of drug-likeness (QED) is 0.503. The standard InChI is InChI=1S/C19H16ClF3N2O6/c1-3-6-30-16(27)7-10(2)31-17(28)12-8-11(4-5-13(12)20)25-15(26)9-14(19(21,22)23)24-18(25)29/h3-5,8-10H,1,6-7H2,2H3,(H,24,29). The van der Waals surface area contributed by atoms with Crippen molar-refractivity contribution in [3.05, 3.63) is 74.0 Å². The molecule has 1 unspecified atom stereocenters. The van der Waals surface area contributed by atoms with Gasteiger partial charge in [0.05, 0.1) is 22.7 Å². The van der Waals surface area contributed by atoms with Crippen LogP contribution in [-0.4, -0.2) is 34.2 Å². The van der Waals surface area contributed by atoms with Gasteiger partial charge in [-0.15, -0.1) is 0 Å². The SMILES string of the molecule is C=CCOC(=O)CC(C)OC(=O)c1cc(-n2c(=O)cc(C(F)(F)F)[nH]c2=O)ccc1Cl. The monoisotopic (exact) mass is 460 g/mol. The van der Waals surface area contributed by atoms with Crippen molar-refractivity contribution in [2.24, 2.45) is 0 Å². The van der Waals surface area contributed by atoms with Crippen LogP contribution in [0.2, 0.25) is 5.02 Å². The fourth-order valence-electron chi connectivity index (χ4n) is 2.43. The first-order valence-electron chi connectivity index (χ1n) is 8.65. The number of aromatic amines is 1. The van der Waals surface area contributed by atoms with Gasteiger partial charge in [0.15, 0.2) is 0 Å². The highest BCUT2D eigenvalue weighted by atomic mass is 35.5. The molecule has 0 fully saturated rings. The van der Waals surface area contributed by atoms with Crippen LogP contribution in [-0.2, 0) is 20.4 Å². The number of aromatic nitrogens is 2. The lowest BCUT2D eigenvalue weighted by atomic mass is 10.2. The highest BCUT2D eigenvalue weighted by Crippen LogP contribution is 2.26. The number of H-pyrrole nitrogens is 1. The van der Waals surface area contributed by atoms with Gasteiger partial charge in [-0.2, -0.15) is 13.2 Å². The summed E-state index contributed by atoms with van der Waals surface area (Å²) in [5.41, 5.74) is -4.62. The van der Waals surface area contributed by atoms with Gasteiger partial charge in [-0.1, -0.05) is 24.3 Å². The molecule has 0 spiro atoms. The normalized spacial score (nSPS) is 12.2. The number of hydrogen-bond donors (Lipinski definition) is 1. The number of hydrogen-bond acceptors (Lipinski definition) is 6. The van der Waals surface area contributed by atoms with Gasteiger partial charge in [-0.05, 0) is 25.1 Å². The Kier molecular flexibility index (Phi) is 7.45. The molecule has 0 radical (unpaired) electrons. The molecule has 1 aromatic carbocycles. The van der Waals surface area contributed by atoms with E-state index in [4.69, 9.17) is 21.1 Å². The lowest BCUT2D eigenvalue weighted by molar-refractivity contribution is -0.144. The predicted octanol–water partition coefficient (Wildman–Crippen LogP) is 2.86. The molecule has 1 heterocycles. The smallest absolute Gasteiger partial charge is 0.431 e. The van der Waals surface area contributed by atoms with E-state index in [9.17, 15) is 32.3 Å². The summed E-state index contributed by atoms with van der Waals surface area (Å²) in [6.07, 6.45) is -4.71. The summed E-state index contributed by atoms with van der Waals surface area (Å²) in [5.74, 6) is -1.62. The third-order valence-electron chi connectivity index (χ3n) is 3.79. The van der Waals surface area contributed by atoms with Crippen LogP contribution >= 0.6 is 11.6 Å². The number of carbonyl (C=O) groups is 2.